The van der Waals surface area contributed by atoms with Crippen LogP contribution >= 0.6 is 11.6 Å². The van der Waals surface area contributed by atoms with Crippen LogP contribution in [0.5, 0.6) is 0 Å². The van der Waals surface area contributed by atoms with Crippen molar-refractivity contribution >= 4 is 17.5 Å². The van der Waals surface area contributed by atoms with Crippen molar-refractivity contribution in [3.8, 4) is 0 Å². The summed E-state index contributed by atoms with van der Waals surface area (Å²) in [6.45, 7) is 2.44. The maximum atomic E-state index is 12.0. The summed E-state index contributed by atoms with van der Waals surface area (Å²) in [5, 5.41) is 4.68. The predicted molar refractivity (Wildman–Crippen MR) is 66.9 cm³/mol. The molecule has 0 atom stereocenters. The number of rotatable bonds is 3. The quantitative estimate of drug-likeness (QED) is 0.832. The smallest absolute Gasteiger partial charge is 0.224 e. The van der Waals surface area contributed by atoms with Gasteiger partial charge < -0.3 is 4.90 Å². The van der Waals surface area contributed by atoms with E-state index in [2.05, 4.69) is 5.10 Å². The Kier molecular flexibility index (Phi) is 4.42. The van der Waals surface area contributed by atoms with Gasteiger partial charge in [0, 0.05) is 32.3 Å². The number of nitrogens with zero attached hydrogens (tertiary/aromatic N) is 3. The van der Waals surface area contributed by atoms with Gasteiger partial charge >= 0.3 is 0 Å². The first kappa shape index (κ1) is 12.4. The number of carbonyl (C=O) groups is 1. The number of aromatic nitrogens is 2. The zero-order valence-electron chi connectivity index (χ0n) is 9.94. The summed E-state index contributed by atoms with van der Waals surface area (Å²) in [5.41, 5.74) is 0. The minimum Gasteiger partial charge on any atom is -0.343 e. The summed E-state index contributed by atoms with van der Waals surface area (Å²) in [4.78, 5) is 14.0. The molecule has 1 saturated heterocycles. The average molecular weight is 256 g/mol. The highest BCUT2D eigenvalue weighted by molar-refractivity contribution is 6.30. The Hall–Kier alpha value is -1.03. The van der Waals surface area contributed by atoms with Gasteiger partial charge in [0.2, 0.25) is 5.91 Å². The molecule has 5 heteroatoms. The third-order valence-electron chi connectivity index (χ3n) is 3.12. The highest BCUT2D eigenvalue weighted by Crippen LogP contribution is 2.11. The van der Waals surface area contributed by atoms with Crippen LogP contribution in [0.3, 0.4) is 0 Å². The molecule has 1 aromatic rings. The van der Waals surface area contributed by atoms with Gasteiger partial charge in [-0.1, -0.05) is 24.4 Å². The molecule has 94 valence electrons. The molecule has 0 bridgehead atoms. The van der Waals surface area contributed by atoms with Gasteiger partial charge in [0.05, 0.1) is 11.2 Å². The predicted octanol–water partition coefficient (Wildman–Crippen LogP) is 2.33. The van der Waals surface area contributed by atoms with E-state index in [0.29, 0.717) is 18.0 Å². The van der Waals surface area contributed by atoms with Gasteiger partial charge in [0.1, 0.15) is 0 Å². The Labute approximate surface area is 107 Å². The zero-order chi connectivity index (χ0) is 12.1. The van der Waals surface area contributed by atoms with Crippen molar-refractivity contribution in [3.63, 3.8) is 0 Å². The van der Waals surface area contributed by atoms with Crippen molar-refractivity contribution in [2.75, 3.05) is 13.1 Å². The van der Waals surface area contributed by atoms with Gasteiger partial charge in [-0.3, -0.25) is 9.48 Å². The Bertz CT molecular complexity index is 370. The minimum atomic E-state index is 0.235. The number of carbonyl (C=O) groups excluding carboxylic acids is 1. The van der Waals surface area contributed by atoms with Crippen LogP contribution in [0.25, 0.3) is 0 Å². The normalized spacial score (nSPS) is 16.9. The van der Waals surface area contributed by atoms with Crippen molar-refractivity contribution in [2.24, 2.45) is 0 Å². The molecule has 0 spiro atoms. The first-order valence-corrected chi connectivity index (χ1v) is 6.59. The summed E-state index contributed by atoms with van der Waals surface area (Å²) >= 11 is 5.77. The first-order valence-electron chi connectivity index (χ1n) is 6.21. The molecule has 1 amide bonds. The van der Waals surface area contributed by atoms with Gasteiger partial charge in [-0.15, -0.1) is 0 Å². The average Bonchev–Trinajstić information content (AvgIpc) is 2.58. The fourth-order valence-electron chi connectivity index (χ4n) is 2.15. The third kappa shape index (κ3) is 3.73. The van der Waals surface area contributed by atoms with E-state index in [1.807, 2.05) is 4.90 Å². The van der Waals surface area contributed by atoms with E-state index < -0.39 is 0 Å². The molecule has 2 rings (SSSR count). The van der Waals surface area contributed by atoms with Crippen molar-refractivity contribution in [2.45, 2.75) is 38.6 Å². The van der Waals surface area contributed by atoms with Crippen LogP contribution in [0.4, 0.5) is 0 Å². The lowest BCUT2D eigenvalue weighted by Crippen LogP contribution is -2.32. The number of likely N-dealkylation sites (tertiary alicyclic amines) is 1. The zero-order valence-corrected chi connectivity index (χ0v) is 10.7. The van der Waals surface area contributed by atoms with Crippen molar-refractivity contribution in [1.82, 2.24) is 14.7 Å². The molecule has 1 aliphatic rings. The van der Waals surface area contributed by atoms with E-state index in [9.17, 15) is 4.79 Å². The molecule has 0 saturated carbocycles. The number of amides is 1. The van der Waals surface area contributed by atoms with Crippen LogP contribution in [0.15, 0.2) is 12.4 Å². The standard InChI is InChI=1S/C12H18ClN3O/c13-11-9-14-16(10-11)8-5-12(17)15-6-3-1-2-4-7-15/h9-10H,1-8H2. The van der Waals surface area contributed by atoms with Crippen LogP contribution in [0.2, 0.25) is 5.02 Å². The molecule has 17 heavy (non-hydrogen) atoms. The highest BCUT2D eigenvalue weighted by Gasteiger charge is 2.15. The van der Waals surface area contributed by atoms with Crippen LogP contribution < -0.4 is 0 Å². The van der Waals surface area contributed by atoms with Crippen LogP contribution in [0, 0.1) is 0 Å². The highest BCUT2D eigenvalue weighted by atomic mass is 35.5. The molecule has 4 nitrogen and oxygen atoms in total. The van der Waals surface area contributed by atoms with Gasteiger partial charge in [-0.2, -0.15) is 5.10 Å². The van der Waals surface area contributed by atoms with Gasteiger partial charge in [0.15, 0.2) is 0 Å². The summed E-state index contributed by atoms with van der Waals surface area (Å²) < 4.78 is 1.72. The minimum absolute atomic E-state index is 0.235. The summed E-state index contributed by atoms with van der Waals surface area (Å²) in [6, 6.07) is 0. The Morgan fingerprint density at radius 2 is 2.00 bits per heavy atom. The second-order valence-corrected chi connectivity index (χ2v) is 4.90. The van der Waals surface area contributed by atoms with E-state index in [1.165, 1.54) is 12.8 Å². The number of halogens is 1. The fraction of sp³-hybridized carbons (Fsp3) is 0.667. The third-order valence-corrected chi connectivity index (χ3v) is 3.31. The lowest BCUT2D eigenvalue weighted by molar-refractivity contribution is -0.131. The van der Waals surface area contributed by atoms with E-state index >= 15 is 0 Å². The largest absolute Gasteiger partial charge is 0.343 e. The summed E-state index contributed by atoms with van der Waals surface area (Å²) in [5.74, 6) is 0.235. The van der Waals surface area contributed by atoms with Crippen molar-refractivity contribution < 1.29 is 4.79 Å². The molecular weight excluding hydrogens is 238 g/mol. The molecule has 2 heterocycles. The molecule has 0 aliphatic carbocycles. The SMILES string of the molecule is O=C(CCn1cc(Cl)cn1)N1CCCCCC1. The molecule has 1 fully saturated rings. The molecule has 0 unspecified atom stereocenters. The van der Waals surface area contributed by atoms with Crippen molar-refractivity contribution in [1.29, 1.82) is 0 Å². The number of aryl methyl sites for hydroxylation is 1. The second-order valence-electron chi connectivity index (χ2n) is 4.47. The Balaban J connectivity index is 1.79. The molecule has 0 N–H and O–H groups in total. The Morgan fingerprint density at radius 1 is 1.29 bits per heavy atom. The van der Waals surface area contributed by atoms with E-state index in [1.54, 1.807) is 17.1 Å². The Morgan fingerprint density at radius 3 is 2.59 bits per heavy atom. The summed E-state index contributed by atoms with van der Waals surface area (Å²) in [7, 11) is 0. The summed E-state index contributed by atoms with van der Waals surface area (Å²) in [6.07, 6.45) is 8.63. The molecule has 1 aliphatic heterocycles. The van der Waals surface area contributed by atoms with Crippen molar-refractivity contribution in [3.05, 3.63) is 17.4 Å². The van der Waals surface area contributed by atoms with Gasteiger partial charge in [0.25, 0.3) is 0 Å². The lowest BCUT2D eigenvalue weighted by atomic mass is 10.2. The number of hydrogen-bond donors (Lipinski definition) is 0. The topological polar surface area (TPSA) is 38.1 Å². The van der Waals surface area contributed by atoms with Crippen LogP contribution in [-0.4, -0.2) is 33.7 Å². The maximum Gasteiger partial charge on any atom is 0.224 e. The molecule has 0 radical (unpaired) electrons. The van der Waals surface area contributed by atoms with E-state index in [-0.39, 0.29) is 5.91 Å². The van der Waals surface area contributed by atoms with E-state index in [0.717, 1.165) is 25.9 Å². The fourth-order valence-corrected chi connectivity index (χ4v) is 2.31. The van der Waals surface area contributed by atoms with E-state index in [4.69, 9.17) is 11.6 Å². The molecule has 1 aromatic heterocycles. The van der Waals surface area contributed by atoms with Crippen LogP contribution in [-0.2, 0) is 11.3 Å². The maximum absolute atomic E-state index is 12.0. The molecular formula is C12H18ClN3O. The van der Waals surface area contributed by atoms with Crippen LogP contribution in [0.1, 0.15) is 32.1 Å². The first-order chi connectivity index (χ1) is 8.25. The van der Waals surface area contributed by atoms with Gasteiger partial charge in [-0.05, 0) is 12.8 Å². The molecule has 0 aromatic carbocycles. The second kappa shape index (κ2) is 6.05. The lowest BCUT2D eigenvalue weighted by Gasteiger charge is -2.20. The number of hydrogen-bond acceptors (Lipinski definition) is 2. The van der Waals surface area contributed by atoms with Gasteiger partial charge in [-0.25, -0.2) is 0 Å². The monoisotopic (exact) mass is 255 g/mol.